The molecule has 2 heterocycles. The van der Waals surface area contributed by atoms with Crippen molar-refractivity contribution in [2.24, 2.45) is 11.1 Å². The average molecular weight is 694 g/mol. The van der Waals surface area contributed by atoms with Crippen LogP contribution < -0.4 is 16.4 Å². The molecule has 2 unspecified atom stereocenters. The van der Waals surface area contributed by atoms with E-state index in [1.54, 1.807) is 6.20 Å². The first kappa shape index (κ1) is 37.5. The molecule has 50 heavy (non-hydrogen) atoms. The fraction of sp³-hybridized carbons (Fsp3) is 0.371. The molecule has 3 aromatic rings. The average Bonchev–Trinajstić information content (AvgIpc) is 3.62. The van der Waals surface area contributed by atoms with Crippen LogP contribution in [-0.4, -0.2) is 93.1 Å². The maximum absolute atomic E-state index is 14.9. The second-order valence-electron chi connectivity index (χ2n) is 12.9. The van der Waals surface area contributed by atoms with Crippen LogP contribution in [0.5, 0.6) is 0 Å². The first-order chi connectivity index (χ1) is 23.7. The van der Waals surface area contributed by atoms with Crippen LogP contribution in [0.25, 0.3) is 5.69 Å². The lowest BCUT2D eigenvalue weighted by atomic mass is 9.81. The molecule has 2 atom stereocenters. The number of hydrogen-bond donors (Lipinski definition) is 4. The number of halogens is 2. The molecule has 1 aliphatic rings. The van der Waals surface area contributed by atoms with E-state index in [2.05, 4.69) is 10.6 Å². The Labute approximate surface area is 288 Å². The van der Waals surface area contributed by atoms with Gasteiger partial charge in [-0.1, -0.05) is 51.1 Å². The summed E-state index contributed by atoms with van der Waals surface area (Å²) in [6.45, 7) is 4.25. The Hall–Kier alpha value is -5.28. The van der Waals surface area contributed by atoms with Crippen molar-refractivity contribution in [2.45, 2.75) is 45.7 Å². The zero-order chi connectivity index (χ0) is 36.6. The first-order valence-electron chi connectivity index (χ1n) is 16.0. The zero-order valence-electron chi connectivity index (χ0n) is 28.1. The molecule has 15 heteroatoms. The van der Waals surface area contributed by atoms with Gasteiger partial charge in [0.25, 0.3) is 11.8 Å². The van der Waals surface area contributed by atoms with Gasteiger partial charge in [-0.3, -0.25) is 28.9 Å². The minimum Gasteiger partial charge on any atom is -0.387 e. The van der Waals surface area contributed by atoms with E-state index in [4.69, 9.17) is 10.8 Å². The lowest BCUT2D eigenvalue weighted by Gasteiger charge is -2.40. The summed E-state index contributed by atoms with van der Waals surface area (Å²) in [5.74, 6) is -4.34. The molecule has 0 aliphatic carbocycles. The lowest BCUT2D eigenvalue weighted by Crippen LogP contribution is -2.48. The van der Waals surface area contributed by atoms with Crippen molar-refractivity contribution in [2.75, 3.05) is 32.8 Å². The molecule has 266 valence electrons. The summed E-state index contributed by atoms with van der Waals surface area (Å²) in [4.78, 5) is 63.7. The maximum atomic E-state index is 14.9. The van der Waals surface area contributed by atoms with Crippen molar-refractivity contribution < 1.29 is 37.9 Å². The van der Waals surface area contributed by atoms with Crippen LogP contribution in [0, 0.1) is 17.0 Å². The summed E-state index contributed by atoms with van der Waals surface area (Å²) in [7, 11) is 0. The second kappa shape index (κ2) is 16.4. The van der Waals surface area contributed by atoms with Gasteiger partial charge in [0, 0.05) is 56.0 Å². The summed E-state index contributed by atoms with van der Waals surface area (Å²) < 4.78 is 30.4. The van der Waals surface area contributed by atoms with Gasteiger partial charge in [-0.2, -0.15) is 5.10 Å². The van der Waals surface area contributed by atoms with Gasteiger partial charge in [0.05, 0.1) is 17.8 Å². The summed E-state index contributed by atoms with van der Waals surface area (Å²) in [6, 6.07) is 10.6. The van der Waals surface area contributed by atoms with E-state index in [9.17, 15) is 37.9 Å². The largest absolute Gasteiger partial charge is 0.387 e. The Morgan fingerprint density at radius 1 is 1.00 bits per heavy atom. The Kier molecular flexibility index (Phi) is 12.3. The van der Waals surface area contributed by atoms with Crippen molar-refractivity contribution in [3.63, 3.8) is 0 Å². The van der Waals surface area contributed by atoms with Crippen LogP contribution in [-0.2, 0) is 30.4 Å². The van der Waals surface area contributed by atoms with E-state index < -0.39 is 71.8 Å². The third kappa shape index (κ3) is 9.45. The van der Waals surface area contributed by atoms with Crippen molar-refractivity contribution in [1.29, 1.82) is 0 Å². The highest BCUT2D eigenvalue weighted by atomic mass is 19.1. The van der Waals surface area contributed by atoms with Gasteiger partial charge in [-0.05, 0) is 29.5 Å². The molecule has 13 nitrogen and oxygen atoms in total. The Bertz CT molecular complexity index is 1740. The van der Waals surface area contributed by atoms with Crippen LogP contribution in [0.1, 0.15) is 50.1 Å². The number of carbonyl (C=O) groups is 5. The second-order valence-corrected chi connectivity index (χ2v) is 12.9. The minimum atomic E-state index is -1.09. The molecular weight excluding hydrogens is 652 g/mol. The molecule has 5 N–H and O–H groups in total. The van der Waals surface area contributed by atoms with E-state index in [0.717, 1.165) is 40.8 Å². The Morgan fingerprint density at radius 3 is 2.30 bits per heavy atom. The summed E-state index contributed by atoms with van der Waals surface area (Å²) in [5, 5.41) is 19.8. The number of nitrogens with two attached hydrogens (primary N) is 1. The molecule has 4 rings (SSSR count). The molecule has 0 saturated carbocycles. The summed E-state index contributed by atoms with van der Waals surface area (Å²) in [5.41, 5.74) is 7.30. The summed E-state index contributed by atoms with van der Waals surface area (Å²) >= 11 is 0. The molecule has 0 fully saturated rings. The number of imide groups is 1. The predicted molar refractivity (Wildman–Crippen MR) is 178 cm³/mol. The van der Waals surface area contributed by atoms with E-state index in [1.807, 2.05) is 51.1 Å². The number of rotatable bonds is 15. The topological polar surface area (TPSA) is 180 Å². The molecule has 0 spiro atoms. The van der Waals surface area contributed by atoms with E-state index >= 15 is 0 Å². The van der Waals surface area contributed by atoms with Gasteiger partial charge in [-0.15, -0.1) is 0 Å². The number of aliphatic hydroxyl groups excluding tert-OH is 1. The molecule has 1 aromatic heterocycles. The van der Waals surface area contributed by atoms with Crippen molar-refractivity contribution in [3.05, 3.63) is 95.3 Å². The molecular formula is C35H41F2N7O6. The van der Waals surface area contributed by atoms with Crippen LogP contribution in [0.3, 0.4) is 0 Å². The van der Waals surface area contributed by atoms with Gasteiger partial charge in [0.2, 0.25) is 17.7 Å². The van der Waals surface area contributed by atoms with Crippen LogP contribution in [0.2, 0.25) is 0 Å². The normalized spacial score (nSPS) is 14.1. The molecule has 2 aromatic carbocycles. The zero-order valence-corrected chi connectivity index (χ0v) is 28.1. The van der Waals surface area contributed by atoms with Gasteiger partial charge >= 0.3 is 0 Å². The molecule has 5 amide bonds. The van der Waals surface area contributed by atoms with Crippen molar-refractivity contribution in [3.8, 4) is 5.69 Å². The number of nitrogens with one attached hydrogen (secondary N) is 2. The third-order valence-electron chi connectivity index (χ3n) is 8.03. The Morgan fingerprint density at radius 2 is 1.66 bits per heavy atom. The highest BCUT2D eigenvalue weighted by Gasteiger charge is 2.38. The van der Waals surface area contributed by atoms with Gasteiger partial charge in [-0.25, -0.2) is 13.5 Å². The maximum Gasteiger partial charge on any atom is 0.254 e. The number of nitrogens with zero attached hydrogens (tertiary/aromatic N) is 4. The van der Waals surface area contributed by atoms with Crippen molar-refractivity contribution in [1.82, 2.24) is 30.2 Å². The number of benzene rings is 2. The van der Waals surface area contributed by atoms with Gasteiger partial charge in [0.15, 0.2) is 0 Å². The highest BCUT2D eigenvalue weighted by molar-refractivity contribution is 6.14. The Balaban J connectivity index is 1.50. The molecule has 0 radical (unpaired) electrons. The highest BCUT2D eigenvalue weighted by Crippen LogP contribution is 2.40. The third-order valence-corrected chi connectivity index (χ3v) is 8.03. The van der Waals surface area contributed by atoms with Gasteiger partial charge < -0.3 is 26.4 Å². The first-order valence-corrected chi connectivity index (χ1v) is 16.0. The predicted octanol–water partition coefficient (Wildman–Crippen LogP) is 1.52. The van der Waals surface area contributed by atoms with E-state index in [0.29, 0.717) is 17.7 Å². The number of carbonyl (C=O) groups excluding carboxylic acids is 5. The number of aromatic nitrogens is 2. The SMILES string of the molecule is CC(C)(C)C(c1nn(-c2cc(F)ccc2F)cc1Cc1ccccc1)N(CCC(N)C(=O)NCCNC(=O)CN1C(=O)C=CC1=O)C(=O)CO. The van der Waals surface area contributed by atoms with Crippen LogP contribution >= 0.6 is 0 Å². The van der Waals surface area contributed by atoms with Crippen molar-refractivity contribution >= 4 is 29.5 Å². The molecule has 0 saturated heterocycles. The lowest BCUT2D eigenvalue weighted by molar-refractivity contribution is -0.141. The van der Waals surface area contributed by atoms with E-state index in [-0.39, 0.29) is 31.7 Å². The molecule has 0 bridgehead atoms. The van der Waals surface area contributed by atoms with E-state index in [1.165, 1.54) is 9.58 Å². The summed E-state index contributed by atoms with van der Waals surface area (Å²) in [6.07, 6.45) is 4.06. The smallest absolute Gasteiger partial charge is 0.254 e. The fourth-order valence-corrected chi connectivity index (χ4v) is 5.62. The standard InChI is InChI=1S/C35H41F2N7O6/c1-35(2,3)33(32-23(17-22-7-5-4-6-8-22)19-44(41-32)27-18-24(36)9-10-25(27)37)42(31(49)21-45)16-13-26(38)34(50)40-15-14-39-28(46)20-43-29(47)11-12-30(43)48/h4-12,18-19,26,33,45H,13-17,20-21,38H2,1-3H3,(H,39,46)(H,40,50). The van der Waals surface area contributed by atoms with Crippen LogP contribution in [0.15, 0.2) is 66.9 Å². The van der Waals surface area contributed by atoms with Gasteiger partial charge in [0.1, 0.15) is 30.5 Å². The minimum absolute atomic E-state index is 0.000756. The van der Waals surface area contributed by atoms with Crippen LogP contribution in [0.4, 0.5) is 8.78 Å². The molecule has 1 aliphatic heterocycles. The monoisotopic (exact) mass is 693 g/mol. The number of hydrogen-bond acceptors (Lipinski definition) is 8. The fourth-order valence-electron chi connectivity index (χ4n) is 5.62. The quantitative estimate of drug-likeness (QED) is 0.137. The number of aliphatic hydroxyl groups is 1. The number of amides is 5.